The predicted octanol–water partition coefficient (Wildman–Crippen LogP) is 2.70. The number of carbonyl (C=O) groups is 1. The molecule has 2 heterocycles. The van der Waals surface area contributed by atoms with Crippen molar-refractivity contribution in [3.63, 3.8) is 0 Å². The highest BCUT2D eigenvalue weighted by Gasteiger charge is 2.39. The van der Waals surface area contributed by atoms with Crippen molar-refractivity contribution in [1.29, 1.82) is 0 Å². The first kappa shape index (κ1) is 13.5. The number of nitrogens with one attached hydrogen (secondary N) is 2. The topological polar surface area (TPSA) is 54.0 Å². The highest BCUT2D eigenvalue weighted by atomic mass is 79.9. The van der Waals surface area contributed by atoms with Gasteiger partial charge in [-0.05, 0) is 53.9 Å². The van der Waals surface area contributed by atoms with Crippen LogP contribution in [-0.4, -0.2) is 23.0 Å². The lowest BCUT2D eigenvalue weighted by molar-refractivity contribution is -0.122. The molecule has 5 heteroatoms. The minimum Gasteiger partial charge on any atom is -0.323 e. The summed E-state index contributed by atoms with van der Waals surface area (Å²) in [5.74, 6) is 0.0611. The smallest absolute Gasteiger partial charge is 0.244 e. The maximum atomic E-state index is 12.4. The van der Waals surface area contributed by atoms with Crippen LogP contribution in [-0.2, 0) is 4.79 Å². The molecule has 0 spiro atoms. The van der Waals surface area contributed by atoms with Gasteiger partial charge in [-0.2, -0.15) is 0 Å². The fourth-order valence-corrected chi connectivity index (χ4v) is 2.69. The molecule has 2 rings (SSSR count). The average Bonchev–Trinajstić information content (AvgIpc) is 2.82. The molecule has 0 aromatic carbocycles. The van der Waals surface area contributed by atoms with Gasteiger partial charge in [0, 0.05) is 0 Å². The number of halogens is 1. The highest BCUT2D eigenvalue weighted by molar-refractivity contribution is 9.10. The highest BCUT2D eigenvalue weighted by Crippen LogP contribution is 2.26. The molecule has 1 aromatic rings. The van der Waals surface area contributed by atoms with E-state index in [9.17, 15) is 4.79 Å². The van der Waals surface area contributed by atoms with Crippen molar-refractivity contribution >= 4 is 27.5 Å². The van der Waals surface area contributed by atoms with Gasteiger partial charge < -0.3 is 10.6 Å². The van der Waals surface area contributed by atoms with Crippen molar-refractivity contribution in [1.82, 2.24) is 10.3 Å². The molecule has 1 unspecified atom stereocenters. The Balaban J connectivity index is 2.07. The van der Waals surface area contributed by atoms with Gasteiger partial charge in [0.05, 0.1) is 17.4 Å². The maximum absolute atomic E-state index is 12.4. The largest absolute Gasteiger partial charge is 0.323 e. The molecule has 1 fully saturated rings. The van der Waals surface area contributed by atoms with Crippen LogP contribution in [0.1, 0.15) is 32.6 Å². The number of hydrogen-bond acceptors (Lipinski definition) is 3. The Labute approximate surface area is 116 Å². The van der Waals surface area contributed by atoms with Crippen LogP contribution in [0.3, 0.4) is 0 Å². The predicted molar refractivity (Wildman–Crippen MR) is 75.4 cm³/mol. The molecule has 2 N–H and O–H groups in total. The van der Waals surface area contributed by atoms with Gasteiger partial charge in [-0.1, -0.05) is 13.3 Å². The standard InChI is InChI=1S/C13H18BrN3O/c1-2-6-13(7-3-8-16-13)12(18)17-10-4-5-11(14)15-9-10/h4-5,9,16H,2-3,6-8H2,1H3,(H,17,18). The summed E-state index contributed by atoms with van der Waals surface area (Å²) in [6, 6.07) is 3.67. The second kappa shape index (κ2) is 5.80. The van der Waals surface area contributed by atoms with Crippen molar-refractivity contribution in [3.05, 3.63) is 22.9 Å². The van der Waals surface area contributed by atoms with E-state index >= 15 is 0 Å². The molecular weight excluding hydrogens is 294 g/mol. The van der Waals surface area contributed by atoms with Gasteiger partial charge in [-0.25, -0.2) is 4.98 Å². The van der Waals surface area contributed by atoms with Gasteiger partial charge in [-0.3, -0.25) is 4.79 Å². The van der Waals surface area contributed by atoms with Crippen molar-refractivity contribution in [2.45, 2.75) is 38.1 Å². The molecule has 1 saturated heterocycles. The van der Waals surface area contributed by atoms with E-state index in [1.165, 1.54) is 0 Å². The van der Waals surface area contributed by atoms with E-state index in [1.54, 1.807) is 6.20 Å². The van der Waals surface area contributed by atoms with E-state index < -0.39 is 0 Å². The van der Waals surface area contributed by atoms with Crippen molar-refractivity contribution < 1.29 is 4.79 Å². The minimum atomic E-state index is -0.387. The van der Waals surface area contributed by atoms with Crippen LogP contribution in [0.25, 0.3) is 0 Å². The lowest BCUT2D eigenvalue weighted by Crippen LogP contribution is -2.50. The number of rotatable bonds is 4. The minimum absolute atomic E-state index is 0.0611. The third-order valence-electron chi connectivity index (χ3n) is 3.34. The first-order valence-corrected chi connectivity index (χ1v) is 7.14. The molecule has 0 radical (unpaired) electrons. The number of nitrogens with zero attached hydrogens (tertiary/aromatic N) is 1. The lowest BCUT2D eigenvalue weighted by Gasteiger charge is -2.27. The van der Waals surface area contributed by atoms with E-state index in [4.69, 9.17) is 0 Å². The van der Waals surface area contributed by atoms with Crippen LogP contribution < -0.4 is 10.6 Å². The van der Waals surface area contributed by atoms with Gasteiger partial charge in [0.15, 0.2) is 0 Å². The van der Waals surface area contributed by atoms with Crippen molar-refractivity contribution in [2.24, 2.45) is 0 Å². The molecule has 0 bridgehead atoms. The molecule has 4 nitrogen and oxygen atoms in total. The van der Waals surface area contributed by atoms with Gasteiger partial charge in [0.2, 0.25) is 5.91 Å². The zero-order valence-corrected chi connectivity index (χ0v) is 12.1. The van der Waals surface area contributed by atoms with E-state index in [2.05, 4.69) is 38.5 Å². The van der Waals surface area contributed by atoms with E-state index in [-0.39, 0.29) is 11.4 Å². The summed E-state index contributed by atoms with van der Waals surface area (Å²) < 4.78 is 0.766. The van der Waals surface area contributed by atoms with Gasteiger partial charge in [-0.15, -0.1) is 0 Å². The van der Waals surface area contributed by atoms with E-state index in [0.717, 1.165) is 42.5 Å². The summed E-state index contributed by atoms with van der Waals surface area (Å²) in [6.45, 7) is 3.03. The normalized spacial score (nSPS) is 23.0. The summed E-state index contributed by atoms with van der Waals surface area (Å²) in [6.07, 6.45) is 5.51. The Morgan fingerprint density at radius 1 is 1.61 bits per heavy atom. The Hall–Kier alpha value is -0.940. The van der Waals surface area contributed by atoms with Crippen molar-refractivity contribution in [2.75, 3.05) is 11.9 Å². The first-order valence-electron chi connectivity index (χ1n) is 6.34. The molecule has 1 aliphatic rings. The average molecular weight is 312 g/mol. The maximum Gasteiger partial charge on any atom is 0.244 e. The number of anilines is 1. The number of pyridine rings is 1. The summed E-state index contributed by atoms with van der Waals surface area (Å²) >= 11 is 3.28. The lowest BCUT2D eigenvalue weighted by atomic mass is 9.91. The van der Waals surface area contributed by atoms with Gasteiger partial charge in [0.1, 0.15) is 4.60 Å². The number of carbonyl (C=O) groups excluding carboxylic acids is 1. The molecule has 1 aromatic heterocycles. The molecule has 18 heavy (non-hydrogen) atoms. The van der Waals surface area contributed by atoms with Gasteiger partial charge >= 0.3 is 0 Å². The monoisotopic (exact) mass is 311 g/mol. The Morgan fingerprint density at radius 2 is 2.44 bits per heavy atom. The summed E-state index contributed by atoms with van der Waals surface area (Å²) in [5.41, 5.74) is 0.356. The Morgan fingerprint density at radius 3 is 3.00 bits per heavy atom. The Bertz CT molecular complexity index is 413. The zero-order valence-electron chi connectivity index (χ0n) is 10.5. The molecule has 0 aliphatic carbocycles. The van der Waals surface area contributed by atoms with Crippen LogP contribution in [0.4, 0.5) is 5.69 Å². The van der Waals surface area contributed by atoms with Crippen LogP contribution in [0.5, 0.6) is 0 Å². The molecular formula is C13H18BrN3O. The Kier molecular flexibility index (Phi) is 4.35. The summed E-state index contributed by atoms with van der Waals surface area (Å²) in [4.78, 5) is 16.5. The number of amides is 1. The molecule has 1 atom stereocenters. The molecule has 1 amide bonds. The first-order chi connectivity index (χ1) is 8.66. The molecule has 98 valence electrons. The molecule has 0 saturated carbocycles. The summed E-state index contributed by atoms with van der Waals surface area (Å²) in [5, 5.41) is 6.31. The SMILES string of the molecule is CCCC1(C(=O)Nc2ccc(Br)nc2)CCCN1. The second-order valence-electron chi connectivity index (χ2n) is 4.69. The number of aromatic nitrogens is 1. The van der Waals surface area contributed by atoms with Gasteiger partial charge in [0.25, 0.3) is 0 Å². The fraction of sp³-hybridized carbons (Fsp3) is 0.538. The third-order valence-corrected chi connectivity index (χ3v) is 3.81. The van der Waals surface area contributed by atoms with Crippen LogP contribution in [0.15, 0.2) is 22.9 Å². The molecule has 1 aliphatic heterocycles. The zero-order chi connectivity index (χ0) is 13.0. The summed E-state index contributed by atoms with van der Waals surface area (Å²) in [7, 11) is 0. The number of hydrogen-bond donors (Lipinski definition) is 2. The van der Waals surface area contributed by atoms with Crippen molar-refractivity contribution in [3.8, 4) is 0 Å². The van der Waals surface area contributed by atoms with E-state index in [0.29, 0.717) is 0 Å². The quantitative estimate of drug-likeness (QED) is 0.841. The third kappa shape index (κ3) is 2.90. The fourth-order valence-electron chi connectivity index (χ4n) is 2.45. The van der Waals surface area contributed by atoms with Crippen LogP contribution >= 0.6 is 15.9 Å². The second-order valence-corrected chi connectivity index (χ2v) is 5.50. The van der Waals surface area contributed by atoms with Crippen LogP contribution in [0, 0.1) is 0 Å². The van der Waals surface area contributed by atoms with E-state index in [1.807, 2.05) is 12.1 Å². The van der Waals surface area contributed by atoms with Crippen LogP contribution in [0.2, 0.25) is 0 Å².